The molecule has 0 radical (unpaired) electrons. The molecule has 2 N–H and O–H groups in total. The molecule has 1 aromatic heterocycles. The van der Waals surface area contributed by atoms with Gasteiger partial charge in [0.1, 0.15) is 0 Å². The Morgan fingerprint density at radius 2 is 1.69 bits per heavy atom. The van der Waals surface area contributed by atoms with Crippen LogP contribution in [0.25, 0.3) is 0 Å². The average Bonchev–Trinajstić information content (AvgIpc) is 2.81. The lowest BCUT2D eigenvalue weighted by Crippen LogP contribution is -2.42. The first-order valence-electron chi connectivity index (χ1n) is 13.2. The molecule has 0 atom stereocenters. The van der Waals surface area contributed by atoms with Gasteiger partial charge in [-0.15, -0.1) is 0 Å². The van der Waals surface area contributed by atoms with Gasteiger partial charge < -0.3 is 20.1 Å². The number of benzene rings is 1. The van der Waals surface area contributed by atoms with E-state index in [1.807, 2.05) is 26.0 Å². The maximum Gasteiger partial charge on any atom is 0.253 e. The molecular weight excluding hydrogens is 436 g/mol. The van der Waals surface area contributed by atoms with Gasteiger partial charge in [0.05, 0.1) is 0 Å². The summed E-state index contributed by atoms with van der Waals surface area (Å²) in [6.07, 6.45) is 6.73. The van der Waals surface area contributed by atoms with Crippen LogP contribution < -0.4 is 15.8 Å². The Hall–Kier alpha value is -2.60. The smallest absolute Gasteiger partial charge is 0.253 e. The number of aromatic nitrogens is 1. The van der Waals surface area contributed by atoms with E-state index in [1.54, 1.807) is 0 Å². The van der Waals surface area contributed by atoms with Gasteiger partial charge in [0, 0.05) is 47.7 Å². The highest BCUT2D eigenvalue weighted by molar-refractivity contribution is 5.97. The van der Waals surface area contributed by atoms with Crippen molar-refractivity contribution in [3.8, 4) is 0 Å². The fourth-order valence-corrected chi connectivity index (χ4v) is 5.60. The Labute approximate surface area is 211 Å². The van der Waals surface area contributed by atoms with Gasteiger partial charge in [0.25, 0.3) is 11.5 Å². The second kappa shape index (κ2) is 11.9. The zero-order valence-corrected chi connectivity index (χ0v) is 22.8. The van der Waals surface area contributed by atoms with Crippen LogP contribution in [-0.2, 0) is 13.0 Å². The van der Waals surface area contributed by atoms with E-state index >= 15 is 0 Å². The summed E-state index contributed by atoms with van der Waals surface area (Å²) < 4.78 is 0. The zero-order chi connectivity index (χ0) is 25.7. The third kappa shape index (κ3) is 6.35. The summed E-state index contributed by atoms with van der Waals surface area (Å²) in [6, 6.07) is 7.44. The molecule has 6 nitrogen and oxygen atoms in total. The Kier molecular flexibility index (Phi) is 9.17. The van der Waals surface area contributed by atoms with E-state index in [9.17, 15) is 9.59 Å². The second-order valence-electron chi connectivity index (χ2n) is 10.4. The molecule has 0 spiro atoms. The highest BCUT2D eigenvalue weighted by atomic mass is 16.1. The van der Waals surface area contributed by atoms with E-state index in [0.29, 0.717) is 23.2 Å². The Balaban J connectivity index is 1.88. The number of aromatic amines is 1. The molecule has 192 valence electrons. The monoisotopic (exact) mass is 480 g/mol. The minimum absolute atomic E-state index is 0.117. The number of H-pyrrole nitrogens is 1. The van der Waals surface area contributed by atoms with E-state index in [0.717, 1.165) is 36.2 Å². The van der Waals surface area contributed by atoms with Gasteiger partial charge in [-0.3, -0.25) is 9.59 Å². The minimum atomic E-state index is -0.134. The highest BCUT2D eigenvalue weighted by Crippen LogP contribution is 2.33. The van der Waals surface area contributed by atoms with Gasteiger partial charge in [0.2, 0.25) is 0 Å². The summed E-state index contributed by atoms with van der Waals surface area (Å²) in [4.78, 5) is 33.5. The second-order valence-corrected chi connectivity index (χ2v) is 10.4. The van der Waals surface area contributed by atoms with E-state index in [-0.39, 0.29) is 18.0 Å². The summed E-state index contributed by atoms with van der Waals surface area (Å²) in [5.74, 6) is -0.117. The molecule has 1 aromatic carbocycles. The molecule has 1 fully saturated rings. The quantitative estimate of drug-likeness (QED) is 0.537. The predicted octanol–water partition coefficient (Wildman–Crippen LogP) is 4.88. The summed E-state index contributed by atoms with van der Waals surface area (Å²) >= 11 is 0. The van der Waals surface area contributed by atoms with Crippen LogP contribution in [0.15, 0.2) is 23.0 Å². The predicted molar refractivity (Wildman–Crippen MR) is 146 cm³/mol. The van der Waals surface area contributed by atoms with Crippen LogP contribution in [0.2, 0.25) is 0 Å². The van der Waals surface area contributed by atoms with Gasteiger partial charge in [-0.25, -0.2) is 0 Å². The molecule has 1 heterocycles. The third-order valence-electron chi connectivity index (χ3n) is 7.63. The lowest BCUT2D eigenvalue weighted by molar-refractivity contribution is 0.0950. The number of hydrogen-bond donors (Lipinski definition) is 2. The molecule has 2 aromatic rings. The number of rotatable bonds is 9. The molecule has 1 amide bonds. The molecule has 3 rings (SSSR count). The number of amides is 1. The van der Waals surface area contributed by atoms with Crippen molar-refractivity contribution >= 4 is 11.6 Å². The standard InChI is InChI=1S/C29H44N4O2/c1-8-10-22-16-25(28(34)30-18-26-19(3)15-20(4)31-29(26)35)21(5)27(17-22)33(9-2)24-13-11-23(12-14-24)32(6)7/h15-17,23-24H,8-14,18H2,1-7H3,(H,30,34)(H,31,35). The van der Waals surface area contributed by atoms with Crippen LogP contribution >= 0.6 is 0 Å². The Morgan fingerprint density at radius 1 is 1.03 bits per heavy atom. The van der Waals surface area contributed by atoms with E-state index in [2.05, 4.69) is 61.0 Å². The summed E-state index contributed by atoms with van der Waals surface area (Å²) in [7, 11) is 4.36. The minimum Gasteiger partial charge on any atom is -0.369 e. The van der Waals surface area contributed by atoms with E-state index in [1.165, 1.54) is 36.9 Å². The largest absolute Gasteiger partial charge is 0.369 e. The van der Waals surface area contributed by atoms with Crippen molar-refractivity contribution in [2.75, 3.05) is 25.5 Å². The zero-order valence-electron chi connectivity index (χ0n) is 22.8. The molecule has 0 aliphatic heterocycles. The van der Waals surface area contributed by atoms with Crippen molar-refractivity contribution in [1.29, 1.82) is 0 Å². The SMILES string of the molecule is CCCc1cc(C(=O)NCc2c(C)cc(C)[nH]c2=O)c(C)c(N(CC)C2CCC(N(C)C)CC2)c1. The van der Waals surface area contributed by atoms with Crippen LogP contribution in [0.3, 0.4) is 0 Å². The van der Waals surface area contributed by atoms with Crippen LogP contribution in [0.5, 0.6) is 0 Å². The number of aryl methyl sites for hydroxylation is 3. The first-order valence-corrected chi connectivity index (χ1v) is 13.2. The Bertz CT molecular complexity index is 1080. The lowest BCUT2D eigenvalue weighted by Gasteiger charge is -2.40. The molecule has 6 heteroatoms. The molecule has 1 saturated carbocycles. The number of hydrogen-bond acceptors (Lipinski definition) is 4. The maximum absolute atomic E-state index is 13.4. The highest BCUT2D eigenvalue weighted by Gasteiger charge is 2.28. The molecule has 0 bridgehead atoms. The lowest BCUT2D eigenvalue weighted by atomic mass is 9.88. The molecule has 1 aliphatic carbocycles. The normalized spacial score (nSPS) is 18.1. The van der Waals surface area contributed by atoms with Crippen molar-refractivity contribution in [2.45, 2.75) is 91.8 Å². The number of nitrogens with one attached hydrogen (secondary N) is 2. The summed E-state index contributed by atoms with van der Waals surface area (Å²) in [5.41, 5.74) is 6.32. The molecule has 0 saturated heterocycles. The topological polar surface area (TPSA) is 68.4 Å². The first kappa shape index (κ1) is 27.0. The number of carbonyl (C=O) groups excluding carboxylic acids is 1. The number of carbonyl (C=O) groups is 1. The third-order valence-corrected chi connectivity index (χ3v) is 7.63. The van der Waals surface area contributed by atoms with Gasteiger partial charge in [-0.05, 0) is 109 Å². The van der Waals surface area contributed by atoms with E-state index < -0.39 is 0 Å². The first-order chi connectivity index (χ1) is 16.7. The van der Waals surface area contributed by atoms with Crippen LogP contribution in [0, 0.1) is 20.8 Å². The molecule has 1 aliphatic rings. The molecule has 0 unspecified atom stereocenters. The average molecular weight is 481 g/mol. The van der Waals surface area contributed by atoms with Crippen molar-refractivity contribution in [1.82, 2.24) is 15.2 Å². The number of anilines is 1. The van der Waals surface area contributed by atoms with Gasteiger partial charge in [0.15, 0.2) is 0 Å². The van der Waals surface area contributed by atoms with Crippen LogP contribution in [-0.4, -0.2) is 48.5 Å². The number of nitrogens with zero attached hydrogens (tertiary/aromatic N) is 2. The van der Waals surface area contributed by atoms with Crippen molar-refractivity contribution in [2.24, 2.45) is 0 Å². The van der Waals surface area contributed by atoms with Gasteiger partial charge in [-0.2, -0.15) is 0 Å². The summed E-state index contributed by atoms with van der Waals surface area (Å²) in [5, 5.41) is 3.03. The van der Waals surface area contributed by atoms with Crippen LogP contribution in [0.4, 0.5) is 5.69 Å². The molecular formula is C29H44N4O2. The number of pyridine rings is 1. The van der Waals surface area contributed by atoms with Crippen LogP contribution in [0.1, 0.15) is 84.3 Å². The fraction of sp³-hybridized carbons (Fsp3) is 0.586. The van der Waals surface area contributed by atoms with E-state index in [4.69, 9.17) is 0 Å². The van der Waals surface area contributed by atoms with Crippen molar-refractivity contribution < 1.29 is 4.79 Å². The maximum atomic E-state index is 13.4. The van der Waals surface area contributed by atoms with Gasteiger partial charge in [-0.1, -0.05) is 13.3 Å². The van der Waals surface area contributed by atoms with Crippen molar-refractivity contribution in [3.63, 3.8) is 0 Å². The van der Waals surface area contributed by atoms with Gasteiger partial charge >= 0.3 is 0 Å². The summed E-state index contributed by atoms with van der Waals surface area (Å²) in [6.45, 7) is 11.4. The fourth-order valence-electron chi connectivity index (χ4n) is 5.60. The van der Waals surface area contributed by atoms with Crippen molar-refractivity contribution in [3.05, 3.63) is 62.1 Å². The Morgan fingerprint density at radius 3 is 2.26 bits per heavy atom. The molecule has 35 heavy (non-hydrogen) atoms.